The molecule has 0 atom stereocenters. The van der Waals surface area contributed by atoms with Gasteiger partial charge in [-0.25, -0.2) is 0 Å². The molecule has 0 heterocycles. The van der Waals surface area contributed by atoms with Crippen LogP contribution in [0.3, 0.4) is 0 Å². The number of hydrogen-bond donors (Lipinski definition) is 0. The molecule has 0 radical (unpaired) electrons. The van der Waals surface area contributed by atoms with Crippen LogP contribution >= 0.6 is 0 Å². The molecule has 2 aliphatic carbocycles. The van der Waals surface area contributed by atoms with Gasteiger partial charge in [0, 0.05) is 0 Å². The molecule has 0 N–H and O–H groups in total. The van der Waals surface area contributed by atoms with Crippen LogP contribution in [-0.4, -0.2) is 0 Å². The fourth-order valence-corrected chi connectivity index (χ4v) is 12.6. The third kappa shape index (κ3) is 5.02. The van der Waals surface area contributed by atoms with E-state index < -0.39 is 5.41 Å². The Balaban J connectivity index is 0.893. The molecule has 0 saturated heterocycles. The molecule has 0 bridgehead atoms. The molecule has 0 saturated carbocycles. The second-order valence-electron chi connectivity index (χ2n) is 18.7. The number of benzene rings is 13. The number of rotatable bonds is 3. The molecule has 0 aliphatic heterocycles. The lowest BCUT2D eigenvalue weighted by atomic mass is 9.70. The Morgan fingerprint density at radius 1 is 0.194 bits per heavy atom. The minimum atomic E-state index is -0.407. The van der Waals surface area contributed by atoms with E-state index in [0.29, 0.717) is 0 Å². The zero-order valence-electron chi connectivity index (χ0n) is 36.6. The predicted octanol–water partition coefficient (Wildman–Crippen LogP) is 18.0. The fourth-order valence-electron chi connectivity index (χ4n) is 12.6. The second kappa shape index (κ2) is 13.7. The van der Waals surface area contributed by atoms with E-state index in [0.717, 1.165) is 0 Å². The molecular formula is C67H40. The Morgan fingerprint density at radius 2 is 0.612 bits per heavy atom. The van der Waals surface area contributed by atoms with Crippen molar-refractivity contribution < 1.29 is 0 Å². The van der Waals surface area contributed by atoms with E-state index in [1.54, 1.807) is 0 Å². The van der Waals surface area contributed by atoms with Crippen molar-refractivity contribution in [2.45, 2.75) is 5.41 Å². The molecule has 0 unspecified atom stereocenters. The van der Waals surface area contributed by atoms with Crippen molar-refractivity contribution in [3.8, 4) is 55.6 Å². The molecule has 67 heavy (non-hydrogen) atoms. The predicted molar refractivity (Wildman–Crippen MR) is 284 cm³/mol. The molecule has 1 spiro atoms. The van der Waals surface area contributed by atoms with E-state index in [4.69, 9.17) is 0 Å². The van der Waals surface area contributed by atoms with Crippen molar-refractivity contribution in [2.24, 2.45) is 0 Å². The summed E-state index contributed by atoms with van der Waals surface area (Å²) in [5, 5.41) is 15.2. The van der Waals surface area contributed by atoms with Crippen LogP contribution in [-0.2, 0) is 5.41 Å². The Bertz CT molecular complexity index is 4160. The average Bonchev–Trinajstić information content (AvgIpc) is 3.84. The van der Waals surface area contributed by atoms with E-state index in [1.807, 2.05) is 0 Å². The first-order valence-electron chi connectivity index (χ1n) is 23.5. The standard InChI is InChI=1S/C67H40/c1-2-16-44-39-63-58(36-43(44)15-1)59-37-46-34-33-45(35-48(46)40-64(59)67(63)61-27-13-11-21-52(61)53-22-12-14-28-62(53)67)41-29-31-42(32-30-41)65-54-23-7-9-25-56(54)66(57-26-10-8-24-55(57)65)60-38-47-17-3-4-18-49(47)50-19-5-6-20-51(50)60/h1-40H. The normalized spacial score (nSPS) is 13.2. The maximum atomic E-state index is 2.52. The summed E-state index contributed by atoms with van der Waals surface area (Å²) in [4.78, 5) is 0. The van der Waals surface area contributed by atoms with Crippen molar-refractivity contribution in [1.29, 1.82) is 0 Å². The summed E-state index contributed by atoms with van der Waals surface area (Å²) in [5.74, 6) is 0. The molecule has 0 aromatic heterocycles. The molecule has 0 amide bonds. The molecule has 0 heteroatoms. The highest BCUT2D eigenvalue weighted by molar-refractivity contribution is 6.25. The van der Waals surface area contributed by atoms with Crippen LogP contribution in [0.1, 0.15) is 22.3 Å². The van der Waals surface area contributed by atoms with Gasteiger partial charge in [0.1, 0.15) is 0 Å². The lowest BCUT2D eigenvalue weighted by Gasteiger charge is -2.30. The monoisotopic (exact) mass is 844 g/mol. The van der Waals surface area contributed by atoms with Crippen LogP contribution in [0.4, 0.5) is 0 Å². The lowest BCUT2D eigenvalue weighted by molar-refractivity contribution is 0.796. The van der Waals surface area contributed by atoms with Gasteiger partial charge in [0.15, 0.2) is 0 Å². The van der Waals surface area contributed by atoms with E-state index >= 15 is 0 Å². The van der Waals surface area contributed by atoms with Gasteiger partial charge in [0.05, 0.1) is 5.41 Å². The molecule has 2 aliphatic rings. The molecular weight excluding hydrogens is 805 g/mol. The SMILES string of the molecule is c1ccc2c(c1)-c1ccccc1C21c2cc3ccccc3cc2-c2cc3ccc(-c4ccc(-c5c6ccccc6c(-c6cc7ccccc7c7ccccc67)c6ccccc56)cc4)cc3cc21. The minimum absolute atomic E-state index is 0.407. The maximum Gasteiger partial charge on any atom is 0.0725 e. The Kier molecular flexibility index (Phi) is 7.52. The minimum Gasteiger partial charge on any atom is -0.0619 e. The molecule has 0 nitrogen and oxygen atoms in total. The van der Waals surface area contributed by atoms with Crippen molar-refractivity contribution in [2.75, 3.05) is 0 Å². The van der Waals surface area contributed by atoms with Gasteiger partial charge in [0.25, 0.3) is 0 Å². The van der Waals surface area contributed by atoms with Gasteiger partial charge < -0.3 is 0 Å². The van der Waals surface area contributed by atoms with Crippen LogP contribution < -0.4 is 0 Å². The number of hydrogen-bond acceptors (Lipinski definition) is 0. The summed E-state index contributed by atoms with van der Waals surface area (Å²) in [7, 11) is 0. The van der Waals surface area contributed by atoms with Gasteiger partial charge in [-0.15, -0.1) is 0 Å². The van der Waals surface area contributed by atoms with E-state index in [2.05, 4.69) is 243 Å². The summed E-state index contributed by atoms with van der Waals surface area (Å²) in [6.45, 7) is 0. The third-order valence-electron chi connectivity index (χ3n) is 15.4. The zero-order valence-corrected chi connectivity index (χ0v) is 36.6. The smallest absolute Gasteiger partial charge is 0.0619 e. The van der Waals surface area contributed by atoms with Crippen LogP contribution in [0.5, 0.6) is 0 Å². The van der Waals surface area contributed by atoms with E-state index in [9.17, 15) is 0 Å². The Hall–Kier alpha value is -8.58. The summed E-state index contributed by atoms with van der Waals surface area (Å²) in [6, 6.07) is 91.5. The first-order chi connectivity index (χ1) is 33.2. The van der Waals surface area contributed by atoms with Crippen molar-refractivity contribution >= 4 is 64.6 Å². The van der Waals surface area contributed by atoms with Crippen molar-refractivity contribution in [1.82, 2.24) is 0 Å². The van der Waals surface area contributed by atoms with Crippen LogP contribution in [0.2, 0.25) is 0 Å². The average molecular weight is 845 g/mol. The third-order valence-corrected chi connectivity index (χ3v) is 15.4. The van der Waals surface area contributed by atoms with Gasteiger partial charge in [0.2, 0.25) is 0 Å². The fraction of sp³-hybridized carbons (Fsp3) is 0.0149. The molecule has 15 rings (SSSR count). The van der Waals surface area contributed by atoms with E-state index in [-0.39, 0.29) is 0 Å². The second-order valence-corrected chi connectivity index (χ2v) is 18.7. The van der Waals surface area contributed by atoms with Gasteiger partial charge in [-0.1, -0.05) is 206 Å². The van der Waals surface area contributed by atoms with Gasteiger partial charge >= 0.3 is 0 Å². The summed E-state index contributed by atoms with van der Waals surface area (Å²) in [6.07, 6.45) is 0. The van der Waals surface area contributed by atoms with Crippen LogP contribution in [0.15, 0.2) is 243 Å². The lowest BCUT2D eigenvalue weighted by Crippen LogP contribution is -2.25. The summed E-state index contributed by atoms with van der Waals surface area (Å²) in [5.41, 5.74) is 17.9. The van der Waals surface area contributed by atoms with Gasteiger partial charge in [-0.05, 0) is 179 Å². The highest BCUT2D eigenvalue weighted by Crippen LogP contribution is 2.63. The largest absolute Gasteiger partial charge is 0.0725 e. The molecule has 0 fully saturated rings. The summed E-state index contributed by atoms with van der Waals surface area (Å²) < 4.78 is 0. The zero-order chi connectivity index (χ0) is 43.8. The number of fused-ring (bicyclic) bond motifs is 17. The van der Waals surface area contributed by atoms with Crippen LogP contribution in [0, 0.1) is 0 Å². The summed E-state index contributed by atoms with van der Waals surface area (Å²) >= 11 is 0. The quantitative estimate of drug-likeness (QED) is 0.123. The highest BCUT2D eigenvalue weighted by Gasteiger charge is 2.51. The highest BCUT2D eigenvalue weighted by atomic mass is 14.5. The van der Waals surface area contributed by atoms with Gasteiger partial charge in [-0.2, -0.15) is 0 Å². The van der Waals surface area contributed by atoms with Crippen LogP contribution in [0.25, 0.3) is 120 Å². The first-order valence-corrected chi connectivity index (χ1v) is 23.5. The van der Waals surface area contributed by atoms with Gasteiger partial charge in [-0.3, -0.25) is 0 Å². The maximum absolute atomic E-state index is 2.52. The van der Waals surface area contributed by atoms with Crippen molar-refractivity contribution in [3.63, 3.8) is 0 Å². The Morgan fingerprint density at radius 3 is 1.24 bits per heavy atom. The topological polar surface area (TPSA) is 0 Å². The van der Waals surface area contributed by atoms with E-state index in [1.165, 1.54) is 143 Å². The molecule has 13 aromatic rings. The van der Waals surface area contributed by atoms with Crippen molar-refractivity contribution in [3.05, 3.63) is 265 Å². The molecule has 308 valence electrons. The first kappa shape index (κ1) is 36.7. The molecule has 13 aromatic carbocycles. The Labute approximate surface area is 388 Å².